The second-order valence-electron chi connectivity index (χ2n) is 9.34. The molecule has 1 saturated heterocycles. The summed E-state index contributed by atoms with van der Waals surface area (Å²) >= 11 is 5.91. The van der Waals surface area contributed by atoms with Crippen LogP contribution < -0.4 is 5.32 Å². The summed E-state index contributed by atoms with van der Waals surface area (Å²) in [6.45, 7) is 0.881. The summed E-state index contributed by atoms with van der Waals surface area (Å²) in [6.07, 6.45) is 3.27. The summed E-state index contributed by atoms with van der Waals surface area (Å²) in [5.41, 5.74) is 3.22. The first-order valence-electron chi connectivity index (χ1n) is 12.7. The lowest BCUT2D eigenvalue weighted by molar-refractivity contribution is 0.0212. The summed E-state index contributed by atoms with van der Waals surface area (Å²) < 4.78 is 13.5. The van der Waals surface area contributed by atoms with Crippen LogP contribution in [0.5, 0.6) is 0 Å². The fraction of sp³-hybridized carbons (Fsp3) is 0.233. The van der Waals surface area contributed by atoms with E-state index in [9.17, 15) is 14.3 Å². The molecule has 1 amide bonds. The van der Waals surface area contributed by atoms with Gasteiger partial charge in [0, 0.05) is 24.8 Å². The van der Waals surface area contributed by atoms with Crippen LogP contribution in [0.4, 0.5) is 10.3 Å². The standard InChI is InChI=1S/C30H28ClFN4O2/c31-24-17-20(14-15-25(24)32)18-33-30-34-19-23(27(35-30)21-9-3-1-4-10-21)29(38)36-16-8-7-13-26(36)28(37)22-11-5-2-6-12-22/h1-6,9-12,14-15,17,19,26,28,37H,7-8,13,16,18H2,(H,33,34,35). The first kappa shape index (κ1) is 25.8. The average molecular weight is 531 g/mol. The molecular formula is C30H28ClFN4O2. The van der Waals surface area contributed by atoms with Crippen molar-refractivity contribution in [3.05, 3.63) is 113 Å². The molecule has 2 N–H and O–H groups in total. The maximum Gasteiger partial charge on any atom is 0.258 e. The molecule has 2 atom stereocenters. The number of aliphatic hydroxyl groups excluding tert-OH is 1. The highest BCUT2D eigenvalue weighted by atomic mass is 35.5. The molecule has 8 heteroatoms. The van der Waals surface area contributed by atoms with Gasteiger partial charge >= 0.3 is 0 Å². The van der Waals surface area contributed by atoms with Crippen LogP contribution in [-0.2, 0) is 6.54 Å². The van der Waals surface area contributed by atoms with E-state index in [1.54, 1.807) is 17.0 Å². The van der Waals surface area contributed by atoms with Crippen LogP contribution in [0.2, 0.25) is 5.02 Å². The van der Waals surface area contributed by atoms with Gasteiger partial charge in [0.15, 0.2) is 0 Å². The fourth-order valence-corrected chi connectivity index (χ4v) is 5.04. The minimum absolute atomic E-state index is 0.0462. The number of hydrogen-bond donors (Lipinski definition) is 2. The van der Waals surface area contributed by atoms with E-state index in [0.717, 1.165) is 29.5 Å². The predicted molar refractivity (Wildman–Crippen MR) is 146 cm³/mol. The Balaban J connectivity index is 1.44. The molecule has 1 aliphatic heterocycles. The Labute approximate surface area is 226 Å². The molecule has 0 saturated carbocycles. The van der Waals surface area contributed by atoms with Crippen LogP contribution in [0.25, 0.3) is 11.3 Å². The number of nitrogens with zero attached hydrogens (tertiary/aromatic N) is 3. The zero-order chi connectivity index (χ0) is 26.5. The van der Waals surface area contributed by atoms with Gasteiger partial charge in [0.1, 0.15) is 5.82 Å². The van der Waals surface area contributed by atoms with E-state index in [0.29, 0.717) is 36.7 Å². The van der Waals surface area contributed by atoms with E-state index in [-0.39, 0.29) is 17.0 Å². The van der Waals surface area contributed by atoms with Crippen molar-refractivity contribution in [2.75, 3.05) is 11.9 Å². The lowest BCUT2D eigenvalue weighted by atomic mass is 9.92. The number of nitrogens with one attached hydrogen (secondary N) is 1. The number of likely N-dealkylation sites (tertiary alicyclic amines) is 1. The lowest BCUT2D eigenvalue weighted by Crippen LogP contribution is -2.47. The Kier molecular flexibility index (Phi) is 7.96. The van der Waals surface area contributed by atoms with E-state index < -0.39 is 11.9 Å². The van der Waals surface area contributed by atoms with E-state index in [4.69, 9.17) is 16.6 Å². The maximum absolute atomic E-state index is 14.0. The van der Waals surface area contributed by atoms with Crippen molar-refractivity contribution < 1.29 is 14.3 Å². The number of hydrogen-bond acceptors (Lipinski definition) is 5. The summed E-state index contributed by atoms with van der Waals surface area (Å²) in [5, 5.41) is 14.4. The molecule has 1 aliphatic rings. The number of benzene rings is 3. The van der Waals surface area contributed by atoms with Gasteiger partial charge in [0.05, 0.1) is 28.4 Å². The van der Waals surface area contributed by atoms with Crippen LogP contribution in [-0.4, -0.2) is 38.5 Å². The SMILES string of the molecule is O=C(c1cnc(NCc2ccc(F)c(Cl)c2)nc1-c1ccccc1)N1CCCCC1C(O)c1ccccc1. The smallest absolute Gasteiger partial charge is 0.258 e. The molecule has 5 rings (SSSR count). The number of halogens is 2. The Morgan fingerprint density at radius 1 is 1.08 bits per heavy atom. The highest BCUT2D eigenvalue weighted by Gasteiger charge is 2.34. The van der Waals surface area contributed by atoms with Crippen molar-refractivity contribution in [1.82, 2.24) is 14.9 Å². The van der Waals surface area contributed by atoms with Crippen LogP contribution in [0, 0.1) is 5.82 Å². The second kappa shape index (κ2) is 11.7. The zero-order valence-electron chi connectivity index (χ0n) is 20.7. The molecular weight excluding hydrogens is 503 g/mol. The largest absolute Gasteiger partial charge is 0.386 e. The third-order valence-electron chi connectivity index (χ3n) is 6.82. The van der Waals surface area contributed by atoms with Crippen molar-refractivity contribution in [1.29, 1.82) is 0 Å². The van der Waals surface area contributed by atoms with Gasteiger partial charge in [-0.15, -0.1) is 0 Å². The van der Waals surface area contributed by atoms with Crippen LogP contribution in [0.15, 0.2) is 85.1 Å². The number of aliphatic hydroxyl groups is 1. The number of anilines is 1. The Morgan fingerprint density at radius 3 is 2.55 bits per heavy atom. The summed E-state index contributed by atoms with van der Waals surface area (Å²) in [6, 6.07) is 23.1. The van der Waals surface area contributed by atoms with Crippen LogP contribution in [0.1, 0.15) is 46.9 Å². The van der Waals surface area contributed by atoms with E-state index in [1.807, 2.05) is 60.7 Å². The van der Waals surface area contributed by atoms with Crippen molar-refractivity contribution >= 4 is 23.5 Å². The van der Waals surface area contributed by atoms with Gasteiger partial charge in [-0.2, -0.15) is 0 Å². The molecule has 194 valence electrons. The molecule has 3 aromatic carbocycles. The monoisotopic (exact) mass is 530 g/mol. The Hall–Kier alpha value is -3.81. The van der Waals surface area contributed by atoms with E-state index in [2.05, 4.69) is 10.3 Å². The highest BCUT2D eigenvalue weighted by molar-refractivity contribution is 6.30. The van der Waals surface area contributed by atoms with Crippen molar-refractivity contribution in [2.24, 2.45) is 0 Å². The molecule has 2 unspecified atom stereocenters. The molecule has 0 aliphatic carbocycles. The number of piperidine rings is 1. The minimum Gasteiger partial charge on any atom is -0.386 e. The summed E-state index contributed by atoms with van der Waals surface area (Å²) in [4.78, 5) is 24.9. The maximum atomic E-state index is 14.0. The van der Waals surface area contributed by atoms with Crippen molar-refractivity contribution in [2.45, 2.75) is 38.0 Å². The number of amides is 1. The van der Waals surface area contributed by atoms with Gasteiger partial charge in [-0.3, -0.25) is 4.79 Å². The third kappa shape index (κ3) is 5.69. The Bertz CT molecular complexity index is 1400. The first-order chi connectivity index (χ1) is 18.5. The normalized spacial score (nSPS) is 16.2. The summed E-state index contributed by atoms with van der Waals surface area (Å²) in [7, 11) is 0. The van der Waals surface area contributed by atoms with Gasteiger partial charge in [0.2, 0.25) is 5.95 Å². The number of carbonyl (C=O) groups excluding carboxylic acids is 1. The highest BCUT2D eigenvalue weighted by Crippen LogP contribution is 2.32. The van der Waals surface area contributed by atoms with Crippen LogP contribution in [0.3, 0.4) is 0 Å². The molecule has 2 heterocycles. The fourth-order valence-electron chi connectivity index (χ4n) is 4.84. The van der Waals surface area contributed by atoms with E-state index >= 15 is 0 Å². The van der Waals surface area contributed by atoms with E-state index in [1.165, 1.54) is 12.3 Å². The summed E-state index contributed by atoms with van der Waals surface area (Å²) in [5.74, 6) is -0.352. The number of rotatable bonds is 7. The molecule has 0 spiro atoms. The number of carbonyl (C=O) groups is 1. The second-order valence-corrected chi connectivity index (χ2v) is 9.75. The van der Waals surface area contributed by atoms with Gasteiger partial charge in [-0.25, -0.2) is 14.4 Å². The van der Waals surface area contributed by atoms with Gasteiger partial charge in [-0.05, 0) is 42.5 Å². The number of aromatic nitrogens is 2. The lowest BCUT2D eigenvalue weighted by Gasteiger charge is -2.39. The Morgan fingerprint density at radius 2 is 1.82 bits per heavy atom. The van der Waals surface area contributed by atoms with Crippen molar-refractivity contribution in [3.8, 4) is 11.3 Å². The van der Waals surface area contributed by atoms with Crippen LogP contribution >= 0.6 is 11.6 Å². The molecule has 38 heavy (non-hydrogen) atoms. The average Bonchev–Trinajstić information content (AvgIpc) is 2.98. The van der Waals surface area contributed by atoms with Gasteiger partial charge < -0.3 is 15.3 Å². The molecule has 0 radical (unpaired) electrons. The molecule has 0 bridgehead atoms. The van der Waals surface area contributed by atoms with Gasteiger partial charge in [-0.1, -0.05) is 78.3 Å². The third-order valence-corrected chi connectivity index (χ3v) is 7.11. The molecule has 4 aromatic rings. The quantitative estimate of drug-likeness (QED) is 0.294. The van der Waals surface area contributed by atoms with Gasteiger partial charge in [0.25, 0.3) is 5.91 Å². The molecule has 1 fully saturated rings. The topological polar surface area (TPSA) is 78.4 Å². The molecule has 6 nitrogen and oxygen atoms in total. The van der Waals surface area contributed by atoms with Crippen molar-refractivity contribution in [3.63, 3.8) is 0 Å². The zero-order valence-corrected chi connectivity index (χ0v) is 21.5. The minimum atomic E-state index is -0.787. The first-order valence-corrected chi connectivity index (χ1v) is 13.0. The molecule has 1 aromatic heterocycles. The predicted octanol–water partition coefficient (Wildman–Crippen LogP) is 6.28.